The predicted molar refractivity (Wildman–Crippen MR) is 59.7 cm³/mol. The second kappa shape index (κ2) is 6.48. The molecular formula is C11H19NO4. The summed E-state index contributed by atoms with van der Waals surface area (Å²) in [4.78, 5) is 10.7. The van der Waals surface area contributed by atoms with Crippen LogP contribution in [0.3, 0.4) is 0 Å². The summed E-state index contributed by atoms with van der Waals surface area (Å²) in [5, 5.41) is 10.9. The average molecular weight is 229 g/mol. The Kier molecular flexibility index (Phi) is 5.25. The van der Waals surface area contributed by atoms with E-state index in [1.807, 2.05) is 13.0 Å². The highest BCUT2D eigenvalue weighted by Crippen LogP contribution is 2.29. The lowest BCUT2D eigenvalue weighted by molar-refractivity contribution is -0.532. The van der Waals surface area contributed by atoms with Gasteiger partial charge in [-0.15, -0.1) is 0 Å². The van der Waals surface area contributed by atoms with Crippen molar-refractivity contribution < 1.29 is 14.4 Å². The van der Waals surface area contributed by atoms with E-state index in [2.05, 4.69) is 0 Å². The fourth-order valence-electron chi connectivity index (χ4n) is 2.02. The third-order valence-electron chi connectivity index (χ3n) is 2.96. The minimum absolute atomic E-state index is 0.0292. The van der Waals surface area contributed by atoms with Gasteiger partial charge >= 0.3 is 0 Å². The molecule has 16 heavy (non-hydrogen) atoms. The normalized spacial score (nSPS) is 25.0. The van der Waals surface area contributed by atoms with Crippen LogP contribution in [-0.2, 0) is 9.47 Å². The number of nitro groups is 1. The molecule has 0 spiro atoms. The zero-order valence-corrected chi connectivity index (χ0v) is 9.85. The summed E-state index contributed by atoms with van der Waals surface area (Å²) in [6.45, 7) is 3.16. The first-order chi connectivity index (χ1) is 7.69. The summed E-state index contributed by atoms with van der Waals surface area (Å²) in [5.74, 6) is 0.890. The monoisotopic (exact) mass is 229 g/mol. The van der Waals surface area contributed by atoms with E-state index in [4.69, 9.17) is 9.47 Å². The van der Waals surface area contributed by atoms with Crippen LogP contribution in [0.4, 0.5) is 0 Å². The third-order valence-corrected chi connectivity index (χ3v) is 2.96. The van der Waals surface area contributed by atoms with Crippen molar-refractivity contribution in [3.63, 3.8) is 0 Å². The number of hydrogen-bond acceptors (Lipinski definition) is 4. The minimum atomic E-state index is -0.487. The Morgan fingerprint density at radius 3 is 2.94 bits per heavy atom. The molecule has 0 saturated carbocycles. The molecule has 0 radical (unpaired) electrons. The number of rotatable bonds is 6. The van der Waals surface area contributed by atoms with Gasteiger partial charge in [0.15, 0.2) is 0 Å². The Morgan fingerprint density at radius 1 is 1.62 bits per heavy atom. The minimum Gasteiger partial charge on any atom is -0.501 e. The number of hydrogen-bond donors (Lipinski definition) is 0. The Hall–Kier alpha value is -1.10. The average Bonchev–Trinajstić information content (AvgIpc) is 2.29. The van der Waals surface area contributed by atoms with Gasteiger partial charge in [-0.3, -0.25) is 10.1 Å². The topological polar surface area (TPSA) is 61.6 Å². The fourth-order valence-corrected chi connectivity index (χ4v) is 2.02. The third kappa shape index (κ3) is 3.48. The molecule has 0 aliphatic heterocycles. The van der Waals surface area contributed by atoms with Crippen molar-refractivity contribution in [2.24, 2.45) is 5.92 Å². The van der Waals surface area contributed by atoms with Crippen molar-refractivity contribution in [2.75, 3.05) is 20.3 Å². The number of allylic oxidation sites excluding steroid dienone is 1. The van der Waals surface area contributed by atoms with Crippen molar-refractivity contribution >= 4 is 0 Å². The molecule has 0 bridgehead atoms. The molecule has 1 rings (SSSR count). The Labute approximate surface area is 95.6 Å². The van der Waals surface area contributed by atoms with Crippen molar-refractivity contribution in [1.82, 2.24) is 0 Å². The van der Waals surface area contributed by atoms with Crippen LogP contribution in [-0.4, -0.2) is 31.3 Å². The van der Waals surface area contributed by atoms with E-state index in [0.717, 1.165) is 12.2 Å². The van der Waals surface area contributed by atoms with Gasteiger partial charge < -0.3 is 9.47 Å². The van der Waals surface area contributed by atoms with Gasteiger partial charge in [-0.2, -0.15) is 0 Å². The first-order valence-corrected chi connectivity index (χ1v) is 5.63. The SMILES string of the molecule is CCOCCC1CC(OC)=CCC1[N+](=O)[O-]. The van der Waals surface area contributed by atoms with Crippen LogP contribution in [0.1, 0.15) is 26.2 Å². The second-order valence-corrected chi connectivity index (χ2v) is 3.91. The summed E-state index contributed by atoms with van der Waals surface area (Å²) < 4.78 is 10.4. The van der Waals surface area contributed by atoms with Crippen LogP contribution in [0.25, 0.3) is 0 Å². The van der Waals surface area contributed by atoms with E-state index in [0.29, 0.717) is 26.1 Å². The molecule has 2 atom stereocenters. The quantitative estimate of drug-likeness (QED) is 0.397. The molecule has 1 aliphatic carbocycles. The van der Waals surface area contributed by atoms with E-state index >= 15 is 0 Å². The first-order valence-electron chi connectivity index (χ1n) is 5.63. The van der Waals surface area contributed by atoms with Crippen LogP contribution in [0, 0.1) is 16.0 Å². The highest BCUT2D eigenvalue weighted by atomic mass is 16.6. The lowest BCUT2D eigenvalue weighted by atomic mass is 9.86. The predicted octanol–water partition coefficient (Wildman–Crippen LogP) is 2.00. The molecule has 1 aliphatic rings. The maximum absolute atomic E-state index is 10.9. The zero-order chi connectivity index (χ0) is 12.0. The van der Waals surface area contributed by atoms with Crippen molar-refractivity contribution in [3.05, 3.63) is 21.9 Å². The molecule has 0 aromatic heterocycles. The first kappa shape index (κ1) is 13.0. The van der Waals surface area contributed by atoms with Crippen molar-refractivity contribution in [1.29, 1.82) is 0 Å². The number of nitrogens with zero attached hydrogens (tertiary/aromatic N) is 1. The molecule has 0 fully saturated rings. The molecule has 0 aromatic carbocycles. The summed E-state index contributed by atoms with van der Waals surface area (Å²) in [5.41, 5.74) is 0. The van der Waals surface area contributed by atoms with Gasteiger partial charge in [-0.1, -0.05) is 0 Å². The van der Waals surface area contributed by atoms with Crippen LogP contribution in [0.5, 0.6) is 0 Å². The lowest BCUT2D eigenvalue weighted by Crippen LogP contribution is -2.32. The van der Waals surface area contributed by atoms with E-state index < -0.39 is 6.04 Å². The van der Waals surface area contributed by atoms with Gasteiger partial charge in [0.05, 0.1) is 12.9 Å². The molecule has 5 heteroatoms. The molecule has 0 heterocycles. The van der Waals surface area contributed by atoms with Crippen LogP contribution in [0.15, 0.2) is 11.8 Å². The largest absolute Gasteiger partial charge is 0.501 e. The second-order valence-electron chi connectivity index (χ2n) is 3.91. The van der Waals surface area contributed by atoms with Crippen molar-refractivity contribution in [2.45, 2.75) is 32.2 Å². The standard InChI is InChI=1S/C11H19NO4/c1-3-16-7-6-9-8-10(15-2)4-5-11(9)12(13)14/h4,9,11H,3,5-8H2,1-2H3. The van der Waals surface area contributed by atoms with Gasteiger partial charge in [0.2, 0.25) is 6.04 Å². The molecule has 0 aromatic rings. The summed E-state index contributed by atoms with van der Waals surface area (Å²) >= 11 is 0. The highest BCUT2D eigenvalue weighted by molar-refractivity contribution is 5.02. The van der Waals surface area contributed by atoms with Crippen molar-refractivity contribution in [3.8, 4) is 0 Å². The maximum Gasteiger partial charge on any atom is 0.219 e. The van der Waals surface area contributed by atoms with Gasteiger partial charge in [-0.05, 0) is 19.4 Å². The summed E-state index contributed by atoms with van der Waals surface area (Å²) in [7, 11) is 1.61. The molecule has 0 saturated heterocycles. The zero-order valence-electron chi connectivity index (χ0n) is 9.85. The lowest BCUT2D eigenvalue weighted by Gasteiger charge is -2.24. The van der Waals surface area contributed by atoms with Gasteiger partial charge in [0, 0.05) is 36.9 Å². The molecule has 0 amide bonds. The number of ether oxygens (including phenoxy) is 2. The molecule has 5 nitrogen and oxygen atoms in total. The van der Waals surface area contributed by atoms with Gasteiger partial charge in [0.1, 0.15) is 0 Å². The fraction of sp³-hybridized carbons (Fsp3) is 0.818. The van der Waals surface area contributed by atoms with Gasteiger partial charge in [0.25, 0.3) is 0 Å². The molecule has 2 unspecified atom stereocenters. The summed E-state index contributed by atoms with van der Waals surface area (Å²) in [6, 6.07) is -0.487. The van der Waals surface area contributed by atoms with E-state index in [9.17, 15) is 10.1 Å². The Bertz CT molecular complexity index is 265. The van der Waals surface area contributed by atoms with E-state index in [1.54, 1.807) is 7.11 Å². The summed E-state index contributed by atoms with van der Waals surface area (Å²) in [6.07, 6.45) is 3.66. The van der Waals surface area contributed by atoms with Crippen LogP contribution < -0.4 is 0 Å². The van der Waals surface area contributed by atoms with Crippen LogP contribution >= 0.6 is 0 Å². The van der Waals surface area contributed by atoms with E-state index in [-0.39, 0.29) is 10.8 Å². The van der Waals surface area contributed by atoms with E-state index in [1.165, 1.54) is 0 Å². The Morgan fingerprint density at radius 2 is 2.38 bits per heavy atom. The molecule has 0 N–H and O–H groups in total. The molecule has 92 valence electrons. The highest BCUT2D eigenvalue weighted by Gasteiger charge is 2.34. The smallest absolute Gasteiger partial charge is 0.219 e. The molecular weight excluding hydrogens is 210 g/mol. The number of methoxy groups -OCH3 is 1. The maximum atomic E-state index is 10.9. The van der Waals surface area contributed by atoms with Crippen LogP contribution in [0.2, 0.25) is 0 Å². The van der Waals surface area contributed by atoms with Gasteiger partial charge in [-0.25, -0.2) is 0 Å². The Balaban J connectivity index is 2.54.